The molecule has 4 N–H and O–H groups in total. The monoisotopic (exact) mass is 282 g/mol. The molecule has 0 aromatic carbocycles. The molecule has 7 heteroatoms. The van der Waals surface area contributed by atoms with E-state index in [0.717, 1.165) is 12.8 Å². The highest BCUT2D eigenvalue weighted by atomic mass is 32.2. The molecule has 0 spiro atoms. The molecular formula is C12H18N4O2S. The highest BCUT2D eigenvalue weighted by Crippen LogP contribution is 2.44. The van der Waals surface area contributed by atoms with Gasteiger partial charge in [0.2, 0.25) is 10.0 Å². The first-order valence-corrected chi connectivity index (χ1v) is 8.02. The average Bonchev–Trinajstić information content (AvgIpc) is 3.00. The lowest BCUT2D eigenvalue weighted by atomic mass is 9.96. The van der Waals surface area contributed by atoms with Gasteiger partial charge in [-0.3, -0.25) is 0 Å². The summed E-state index contributed by atoms with van der Waals surface area (Å²) < 4.78 is 27.3. The smallest absolute Gasteiger partial charge is 0.242 e. The predicted octanol–water partition coefficient (Wildman–Crippen LogP) is 0.834. The predicted molar refractivity (Wildman–Crippen MR) is 71.6 cm³/mol. The third-order valence-electron chi connectivity index (χ3n) is 4.24. The molecule has 1 aromatic rings. The number of anilines is 1. The number of pyridine rings is 1. The van der Waals surface area contributed by atoms with Crippen molar-refractivity contribution in [1.29, 1.82) is 0 Å². The van der Waals surface area contributed by atoms with Crippen LogP contribution in [0.15, 0.2) is 23.2 Å². The lowest BCUT2D eigenvalue weighted by Gasteiger charge is -2.22. The topological polar surface area (TPSA) is 97.1 Å². The molecule has 2 fully saturated rings. The summed E-state index contributed by atoms with van der Waals surface area (Å²) in [5.74, 6) is 6.87. The van der Waals surface area contributed by atoms with Crippen molar-refractivity contribution >= 4 is 15.8 Å². The number of aromatic nitrogens is 1. The maximum atomic E-state index is 12.3. The fourth-order valence-electron chi connectivity index (χ4n) is 3.28. The van der Waals surface area contributed by atoms with Gasteiger partial charge in [0.25, 0.3) is 0 Å². The molecule has 2 aliphatic carbocycles. The number of fused-ring (bicyclic) bond motifs is 2. The molecule has 0 aliphatic heterocycles. The van der Waals surface area contributed by atoms with E-state index in [1.165, 1.54) is 25.1 Å². The van der Waals surface area contributed by atoms with E-state index in [2.05, 4.69) is 15.1 Å². The minimum absolute atomic E-state index is 0.0936. The summed E-state index contributed by atoms with van der Waals surface area (Å²) in [5, 5.41) is 0. The van der Waals surface area contributed by atoms with Crippen LogP contribution in [0.3, 0.4) is 0 Å². The molecule has 0 radical (unpaired) electrons. The summed E-state index contributed by atoms with van der Waals surface area (Å²) in [6, 6.07) is 3.16. The van der Waals surface area contributed by atoms with Crippen molar-refractivity contribution in [1.82, 2.24) is 9.71 Å². The molecule has 19 heavy (non-hydrogen) atoms. The van der Waals surface area contributed by atoms with Crippen LogP contribution in [0.4, 0.5) is 5.82 Å². The second-order valence-electron chi connectivity index (χ2n) is 5.43. The quantitative estimate of drug-likeness (QED) is 0.561. The number of hydrazine groups is 1. The number of rotatable bonds is 4. The van der Waals surface area contributed by atoms with Crippen LogP contribution >= 0.6 is 0 Å². The molecule has 0 amide bonds. The van der Waals surface area contributed by atoms with Gasteiger partial charge in [-0.25, -0.2) is 24.0 Å². The number of nitrogens with one attached hydrogen (secondary N) is 2. The Morgan fingerprint density at radius 2 is 2.11 bits per heavy atom. The minimum atomic E-state index is -3.47. The second-order valence-corrected chi connectivity index (χ2v) is 7.14. The maximum Gasteiger partial charge on any atom is 0.242 e. The Balaban J connectivity index is 1.75. The Kier molecular flexibility index (Phi) is 3.20. The molecule has 104 valence electrons. The zero-order valence-corrected chi connectivity index (χ0v) is 11.4. The molecule has 2 bridgehead atoms. The van der Waals surface area contributed by atoms with Crippen LogP contribution in [-0.4, -0.2) is 19.4 Å². The molecule has 1 aromatic heterocycles. The molecule has 2 saturated carbocycles. The number of nitrogens with two attached hydrogens (primary N) is 1. The molecule has 1 heterocycles. The van der Waals surface area contributed by atoms with Crippen LogP contribution in [0.1, 0.15) is 25.7 Å². The Hall–Kier alpha value is -1.18. The van der Waals surface area contributed by atoms with Crippen molar-refractivity contribution in [3.05, 3.63) is 18.3 Å². The van der Waals surface area contributed by atoms with Gasteiger partial charge < -0.3 is 5.43 Å². The number of hydrogen-bond donors (Lipinski definition) is 3. The van der Waals surface area contributed by atoms with Crippen molar-refractivity contribution in [2.75, 3.05) is 5.43 Å². The van der Waals surface area contributed by atoms with Crippen molar-refractivity contribution in [2.24, 2.45) is 17.7 Å². The molecule has 0 saturated heterocycles. The van der Waals surface area contributed by atoms with E-state index >= 15 is 0 Å². The first-order chi connectivity index (χ1) is 9.08. The molecule has 3 atom stereocenters. The Morgan fingerprint density at radius 1 is 1.26 bits per heavy atom. The molecule has 6 nitrogen and oxygen atoms in total. The Bertz CT molecular complexity index is 558. The van der Waals surface area contributed by atoms with Gasteiger partial charge in [0.05, 0.1) is 0 Å². The molecule has 2 aliphatic rings. The van der Waals surface area contributed by atoms with Crippen LogP contribution in [0.25, 0.3) is 0 Å². The second kappa shape index (κ2) is 4.73. The normalized spacial score (nSPS) is 29.6. The van der Waals surface area contributed by atoms with Gasteiger partial charge in [0, 0.05) is 12.2 Å². The standard InChI is InChI=1S/C12H18N4O2S/c13-15-12-4-3-10(7-14-12)19(17,18)16-11-6-8-1-2-9(11)5-8/h3-4,7-9,11,16H,1-2,5-6,13H2,(H,14,15). The number of nitrogens with zero attached hydrogens (tertiary/aromatic N) is 1. The van der Waals surface area contributed by atoms with Crippen LogP contribution in [0, 0.1) is 11.8 Å². The van der Waals surface area contributed by atoms with Crippen molar-refractivity contribution in [3.8, 4) is 0 Å². The van der Waals surface area contributed by atoms with Gasteiger partial charge in [0.1, 0.15) is 10.7 Å². The summed E-state index contributed by atoms with van der Waals surface area (Å²) in [4.78, 5) is 4.12. The van der Waals surface area contributed by atoms with Gasteiger partial charge in [-0.05, 0) is 43.2 Å². The van der Waals surface area contributed by atoms with E-state index in [9.17, 15) is 8.42 Å². The molecular weight excluding hydrogens is 264 g/mol. The highest BCUT2D eigenvalue weighted by molar-refractivity contribution is 7.89. The van der Waals surface area contributed by atoms with E-state index in [1.807, 2.05) is 0 Å². The summed E-state index contributed by atoms with van der Waals surface area (Å²) in [5.41, 5.74) is 2.37. The van der Waals surface area contributed by atoms with Crippen LogP contribution in [0.5, 0.6) is 0 Å². The lowest BCUT2D eigenvalue weighted by Crippen LogP contribution is -2.38. The number of hydrogen-bond acceptors (Lipinski definition) is 5. The Labute approximate surface area is 112 Å². The van der Waals surface area contributed by atoms with Gasteiger partial charge >= 0.3 is 0 Å². The third-order valence-corrected chi connectivity index (χ3v) is 5.71. The van der Waals surface area contributed by atoms with Gasteiger partial charge in [-0.2, -0.15) is 0 Å². The largest absolute Gasteiger partial charge is 0.308 e. The summed E-state index contributed by atoms with van der Waals surface area (Å²) >= 11 is 0. The first-order valence-electron chi connectivity index (χ1n) is 6.53. The lowest BCUT2D eigenvalue weighted by molar-refractivity contribution is 0.390. The minimum Gasteiger partial charge on any atom is -0.308 e. The third kappa shape index (κ3) is 2.45. The first kappa shape index (κ1) is 12.8. The number of sulfonamides is 1. The zero-order valence-electron chi connectivity index (χ0n) is 10.5. The fraction of sp³-hybridized carbons (Fsp3) is 0.583. The van der Waals surface area contributed by atoms with Crippen molar-refractivity contribution < 1.29 is 8.42 Å². The van der Waals surface area contributed by atoms with E-state index in [4.69, 9.17) is 5.84 Å². The highest BCUT2D eigenvalue weighted by Gasteiger charge is 2.41. The zero-order chi connectivity index (χ0) is 13.5. The summed E-state index contributed by atoms with van der Waals surface area (Å²) in [6.07, 6.45) is 5.86. The van der Waals surface area contributed by atoms with Crippen LogP contribution < -0.4 is 16.0 Å². The van der Waals surface area contributed by atoms with Gasteiger partial charge in [-0.1, -0.05) is 6.42 Å². The Morgan fingerprint density at radius 3 is 2.63 bits per heavy atom. The van der Waals surface area contributed by atoms with Gasteiger partial charge in [-0.15, -0.1) is 0 Å². The average molecular weight is 282 g/mol. The van der Waals surface area contributed by atoms with Gasteiger partial charge in [0.15, 0.2) is 0 Å². The van der Waals surface area contributed by atoms with E-state index in [0.29, 0.717) is 17.7 Å². The van der Waals surface area contributed by atoms with E-state index in [1.54, 1.807) is 6.07 Å². The molecule has 3 rings (SSSR count). The maximum absolute atomic E-state index is 12.3. The summed E-state index contributed by atoms with van der Waals surface area (Å²) in [7, 11) is -3.47. The van der Waals surface area contributed by atoms with Crippen molar-refractivity contribution in [3.63, 3.8) is 0 Å². The summed E-state index contributed by atoms with van der Waals surface area (Å²) in [6.45, 7) is 0. The van der Waals surface area contributed by atoms with Crippen LogP contribution in [-0.2, 0) is 10.0 Å². The van der Waals surface area contributed by atoms with Crippen LogP contribution in [0.2, 0.25) is 0 Å². The fourth-order valence-corrected chi connectivity index (χ4v) is 4.54. The number of nitrogen functional groups attached to an aromatic ring is 1. The van der Waals surface area contributed by atoms with E-state index in [-0.39, 0.29) is 10.9 Å². The van der Waals surface area contributed by atoms with Crippen molar-refractivity contribution in [2.45, 2.75) is 36.6 Å². The van der Waals surface area contributed by atoms with E-state index < -0.39 is 10.0 Å². The molecule has 3 unspecified atom stereocenters. The SMILES string of the molecule is NNc1ccc(S(=O)(=O)NC2CC3CCC2C3)cn1.